The van der Waals surface area contributed by atoms with Gasteiger partial charge in [-0.25, -0.2) is 17.8 Å². The number of aromatic nitrogens is 2. The monoisotopic (exact) mass is 445 g/mol. The first kappa shape index (κ1) is 20.2. The van der Waals surface area contributed by atoms with Crippen LogP contribution in [0.1, 0.15) is 11.3 Å². The molecule has 156 valence electrons. The zero-order chi connectivity index (χ0) is 21.6. The first-order valence-corrected chi connectivity index (χ1v) is 11.2. The van der Waals surface area contributed by atoms with Crippen molar-refractivity contribution in [2.24, 2.45) is 0 Å². The Kier molecular flexibility index (Phi) is 4.91. The summed E-state index contributed by atoms with van der Waals surface area (Å²) in [6.07, 6.45) is 0. The Morgan fingerprint density at radius 1 is 1.03 bits per heavy atom. The molecule has 0 unspecified atom stereocenters. The molecule has 2 aromatic carbocycles. The fourth-order valence-electron chi connectivity index (χ4n) is 3.27. The molecule has 0 aliphatic heterocycles. The SMILES string of the molecule is COc1ccc(NS(=O)(=O)c2c(C)nc3sc4cc(C)ccc4n3c2=O)cc1OC. The van der Waals surface area contributed by atoms with Gasteiger partial charge in [0.25, 0.3) is 15.6 Å². The Hall–Kier alpha value is -3.11. The van der Waals surface area contributed by atoms with Gasteiger partial charge in [-0.05, 0) is 43.7 Å². The van der Waals surface area contributed by atoms with Crippen molar-refractivity contribution in [3.63, 3.8) is 0 Å². The van der Waals surface area contributed by atoms with Crippen LogP contribution in [0.3, 0.4) is 0 Å². The Morgan fingerprint density at radius 3 is 2.47 bits per heavy atom. The Labute approximate surface area is 176 Å². The number of anilines is 1. The quantitative estimate of drug-likeness (QED) is 0.506. The topological polar surface area (TPSA) is 99.0 Å². The maximum atomic E-state index is 13.2. The molecule has 0 aliphatic carbocycles. The lowest BCUT2D eigenvalue weighted by atomic mass is 10.2. The molecule has 0 saturated carbocycles. The first-order chi connectivity index (χ1) is 14.2. The van der Waals surface area contributed by atoms with Crippen LogP contribution in [0.15, 0.2) is 46.1 Å². The normalized spacial score (nSPS) is 11.7. The molecule has 0 fully saturated rings. The number of rotatable bonds is 5. The van der Waals surface area contributed by atoms with Crippen LogP contribution in [0.2, 0.25) is 0 Å². The number of ether oxygens (including phenoxy) is 2. The smallest absolute Gasteiger partial charge is 0.280 e. The van der Waals surface area contributed by atoms with Crippen molar-refractivity contribution in [2.75, 3.05) is 18.9 Å². The van der Waals surface area contributed by atoms with Crippen LogP contribution in [-0.4, -0.2) is 32.0 Å². The molecule has 0 aliphatic rings. The van der Waals surface area contributed by atoms with E-state index in [2.05, 4.69) is 9.71 Å². The van der Waals surface area contributed by atoms with Gasteiger partial charge in [-0.1, -0.05) is 17.4 Å². The van der Waals surface area contributed by atoms with Gasteiger partial charge in [0.2, 0.25) is 0 Å². The van der Waals surface area contributed by atoms with Crippen molar-refractivity contribution in [3.05, 3.63) is 58.0 Å². The predicted molar refractivity (Wildman–Crippen MR) is 117 cm³/mol. The van der Waals surface area contributed by atoms with E-state index in [4.69, 9.17) is 9.47 Å². The van der Waals surface area contributed by atoms with E-state index in [0.29, 0.717) is 22.0 Å². The minimum Gasteiger partial charge on any atom is -0.493 e. The maximum absolute atomic E-state index is 13.2. The molecular formula is C20H19N3O5S2. The minimum atomic E-state index is -4.20. The van der Waals surface area contributed by atoms with E-state index < -0.39 is 20.5 Å². The van der Waals surface area contributed by atoms with E-state index in [1.165, 1.54) is 49.0 Å². The molecule has 0 bridgehead atoms. The van der Waals surface area contributed by atoms with Crippen LogP contribution < -0.4 is 19.8 Å². The van der Waals surface area contributed by atoms with Gasteiger partial charge in [0.15, 0.2) is 21.4 Å². The van der Waals surface area contributed by atoms with Crippen molar-refractivity contribution < 1.29 is 17.9 Å². The van der Waals surface area contributed by atoms with E-state index in [9.17, 15) is 13.2 Å². The van der Waals surface area contributed by atoms with E-state index in [1.54, 1.807) is 12.1 Å². The Morgan fingerprint density at radius 2 is 1.77 bits per heavy atom. The van der Waals surface area contributed by atoms with Crippen LogP contribution in [0, 0.1) is 13.8 Å². The van der Waals surface area contributed by atoms with Crippen LogP contribution in [0.4, 0.5) is 5.69 Å². The molecule has 4 rings (SSSR count). The number of methoxy groups -OCH3 is 2. The van der Waals surface area contributed by atoms with Crippen molar-refractivity contribution in [3.8, 4) is 11.5 Å². The average molecular weight is 446 g/mol. The largest absolute Gasteiger partial charge is 0.493 e. The lowest BCUT2D eigenvalue weighted by Crippen LogP contribution is -2.27. The Bertz CT molecular complexity index is 1460. The van der Waals surface area contributed by atoms with Gasteiger partial charge in [-0.15, -0.1) is 0 Å². The average Bonchev–Trinajstić information content (AvgIpc) is 3.04. The number of fused-ring (bicyclic) bond motifs is 3. The number of nitrogens with one attached hydrogen (secondary N) is 1. The lowest BCUT2D eigenvalue weighted by molar-refractivity contribution is 0.355. The van der Waals surface area contributed by atoms with Crippen LogP contribution in [0.25, 0.3) is 15.2 Å². The molecule has 2 heterocycles. The van der Waals surface area contributed by atoms with Gasteiger partial charge in [-0.3, -0.25) is 9.52 Å². The van der Waals surface area contributed by atoms with Gasteiger partial charge in [0.05, 0.1) is 35.8 Å². The fraction of sp³-hybridized carbons (Fsp3) is 0.200. The van der Waals surface area contributed by atoms with E-state index >= 15 is 0 Å². The Balaban J connectivity index is 1.87. The summed E-state index contributed by atoms with van der Waals surface area (Å²) in [6, 6.07) is 10.2. The van der Waals surface area contributed by atoms with Crippen LogP contribution in [0.5, 0.6) is 11.5 Å². The summed E-state index contributed by atoms with van der Waals surface area (Å²) in [5.74, 6) is 0.818. The molecule has 0 saturated heterocycles. The molecule has 0 spiro atoms. The highest BCUT2D eigenvalue weighted by Gasteiger charge is 2.26. The van der Waals surface area contributed by atoms with Gasteiger partial charge in [0.1, 0.15) is 0 Å². The minimum absolute atomic E-state index is 0.135. The predicted octanol–water partition coefficient (Wildman–Crippen LogP) is 3.34. The fourth-order valence-corrected chi connectivity index (χ4v) is 5.73. The summed E-state index contributed by atoms with van der Waals surface area (Å²) in [4.78, 5) is 17.7. The maximum Gasteiger partial charge on any atom is 0.280 e. The third-order valence-corrected chi connectivity index (χ3v) is 7.16. The summed E-state index contributed by atoms with van der Waals surface area (Å²) >= 11 is 1.34. The van der Waals surface area contributed by atoms with Crippen molar-refractivity contribution in [1.82, 2.24) is 9.38 Å². The summed E-state index contributed by atoms with van der Waals surface area (Å²) in [6.45, 7) is 3.47. The third kappa shape index (κ3) is 3.27. The zero-order valence-electron chi connectivity index (χ0n) is 16.7. The second kappa shape index (κ2) is 7.29. The molecule has 4 aromatic rings. The molecule has 1 N–H and O–H groups in total. The van der Waals surface area contributed by atoms with Gasteiger partial charge >= 0.3 is 0 Å². The number of hydrogen-bond donors (Lipinski definition) is 1. The summed E-state index contributed by atoms with van der Waals surface area (Å²) in [5.41, 5.74) is 1.40. The molecule has 8 nitrogen and oxygen atoms in total. The molecule has 10 heteroatoms. The number of nitrogens with zero attached hydrogens (tertiary/aromatic N) is 2. The molecule has 0 radical (unpaired) electrons. The van der Waals surface area contributed by atoms with Crippen LogP contribution >= 0.6 is 11.3 Å². The van der Waals surface area contributed by atoms with E-state index in [0.717, 1.165) is 10.3 Å². The molecule has 30 heavy (non-hydrogen) atoms. The number of thiazole rings is 1. The first-order valence-electron chi connectivity index (χ1n) is 8.92. The second-order valence-electron chi connectivity index (χ2n) is 6.70. The van der Waals surface area contributed by atoms with Gasteiger partial charge < -0.3 is 9.47 Å². The highest BCUT2D eigenvalue weighted by Crippen LogP contribution is 2.31. The highest BCUT2D eigenvalue weighted by molar-refractivity contribution is 7.92. The zero-order valence-corrected chi connectivity index (χ0v) is 18.3. The molecular weight excluding hydrogens is 426 g/mol. The number of sulfonamides is 1. The number of hydrogen-bond acceptors (Lipinski definition) is 7. The van der Waals surface area contributed by atoms with Crippen molar-refractivity contribution in [1.29, 1.82) is 0 Å². The number of aryl methyl sites for hydroxylation is 2. The molecule has 2 aromatic heterocycles. The lowest BCUT2D eigenvalue weighted by Gasteiger charge is -2.12. The summed E-state index contributed by atoms with van der Waals surface area (Å²) in [5, 5.41) is 0. The standard InChI is InChI=1S/C20H19N3O5S2/c1-11-5-7-14-17(9-11)29-20-21-12(2)18(19(24)23(14)20)30(25,26)22-13-6-8-15(27-3)16(10-13)28-4/h5-10,22H,1-4H3. The second-order valence-corrected chi connectivity index (χ2v) is 9.33. The van der Waals surface area contributed by atoms with Gasteiger partial charge in [-0.2, -0.15) is 0 Å². The van der Waals surface area contributed by atoms with E-state index in [-0.39, 0.29) is 11.4 Å². The van der Waals surface area contributed by atoms with Crippen molar-refractivity contribution >= 4 is 42.2 Å². The van der Waals surface area contributed by atoms with Crippen molar-refractivity contribution in [2.45, 2.75) is 18.7 Å². The third-order valence-electron chi connectivity index (χ3n) is 4.64. The molecule has 0 atom stereocenters. The van der Waals surface area contributed by atoms with E-state index in [1.807, 2.05) is 19.1 Å². The molecule has 0 amide bonds. The highest BCUT2D eigenvalue weighted by atomic mass is 32.2. The van der Waals surface area contributed by atoms with Gasteiger partial charge in [0, 0.05) is 6.07 Å². The summed E-state index contributed by atoms with van der Waals surface area (Å²) < 4.78 is 41.3. The summed E-state index contributed by atoms with van der Waals surface area (Å²) in [7, 11) is -1.27. The van der Waals surface area contributed by atoms with Crippen LogP contribution in [-0.2, 0) is 10.0 Å². The number of benzene rings is 2.